The number of nitrogens with zero attached hydrogens (tertiary/aromatic N) is 2. The van der Waals surface area contributed by atoms with Crippen LogP contribution in [0, 0.1) is 0 Å². The van der Waals surface area contributed by atoms with Crippen LogP contribution in [0.3, 0.4) is 0 Å². The van der Waals surface area contributed by atoms with Crippen molar-refractivity contribution in [3.8, 4) is 0 Å². The zero-order valence-corrected chi connectivity index (χ0v) is 9.65. The van der Waals surface area contributed by atoms with E-state index in [9.17, 15) is 9.59 Å². The molecule has 0 aliphatic carbocycles. The highest BCUT2D eigenvalue weighted by Crippen LogP contribution is 2.11. The summed E-state index contributed by atoms with van der Waals surface area (Å²) in [6.07, 6.45) is 1.46. The van der Waals surface area contributed by atoms with Gasteiger partial charge in [-0.05, 0) is 19.1 Å². The SMILES string of the molecule is CC(=O)CC(=O)Nc1ccc(N(C)C)nc1. The van der Waals surface area contributed by atoms with Crippen molar-refractivity contribution >= 4 is 23.2 Å². The van der Waals surface area contributed by atoms with Crippen molar-refractivity contribution in [1.29, 1.82) is 0 Å². The summed E-state index contributed by atoms with van der Waals surface area (Å²) in [5, 5.41) is 2.60. The second-order valence-electron chi connectivity index (χ2n) is 3.73. The minimum Gasteiger partial charge on any atom is -0.363 e. The number of amides is 1. The number of hydrogen-bond donors (Lipinski definition) is 1. The number of nitrogens with one attached hydrogen (secondary N) is 1. The van der Waals surface area contributed by atoms with Gasteiger partial charge in [0.25, 0.3) is 0 Å². The van der Waals surface area contributed by atoms with E-state index in [0.29, 0.717) is 5.69 Å². The molecule has 1 rings (SSSR count). The Kier molecular flexibility index (Phi) is 3.99. The van der Waals surface area contributed by atoms with Crippen LogP contribution >= 0.6 is 0 Å². The van der Waals surface area contributed by atoms with Gasteiger partial charge in [0.05, 0.1) is 18.3 Å². The second-order valence-corrected chi connectivity index (χ2v) is 3.73. The van der Waals surface area contributed by atoms with Crippen LogP contribution in [-0.2, 0) is 9.59 Å². The predicted octanol–water partition coefficient (Wildman–Crippen LogP) is 1.07. The van der Waals surface area contributed by atoms with E-state index in [0.717, 1.165) is 5.82 Å². The predicted molar refractivity (Wildman–Crippen MR) is 62.5 cm³/mol. The summed E-state index contributed by atoms with van der Waals surface area (Å²) in [6, 6.07) is 3.55. The van der Waals surface area contributed by atoms with E-state index in [1.54, 1.807) is 18.3 Å². The van der Waals surface area contributed by atoms with Crippen LogP contribution in [0.5, 0.6) is 0 Å². The smallest absolute Gasteiger partial charge is 0.231 e. The fraction of sp³-hybridized carbons (Fsp3) is 0.364. The number of aromatic nitrogens is 1. The van der Waals surface area contributed by atoms with Crippen LogP contribution in [0.2, 0.25) is 0 Å². The summed E-state index contributed by atoms with van der Waals surface area (Å²) in [4.78, 5) is 28.0. The van der Waals surface area contributed by atoms with Gasteiger partial charge in [0, 0.05) is 14.1 Å². The molecule has 86 valence electrons. The minimum absolute atomic E-state index is 0.102. The Morgan fingerprint density at radius 3 is 2.50 bits per heavy atom. The fourth-order valence-electron chi connectivity index (χ4n) is 1.16. The normalized spacial score (nSPS) is 9.69. The number of rotatable bonds is 4. The van der Waals surface area contributed by atoms with E-state index in [1.807, 2.05) is 19.0 Å². The monoisotopic (exact) mass is 221 g/mol. The van der Waals surface area contributed by atoms with E-state index in [-0.39, 0.29) is 18.1 Å². The Labute approximate surface area is 94.5 Å². The number of carbonyl (C=O) groups is 2. The van der Waals surface area contributed by atoms with Crippen molar-refractivity contribution < 1.29 is 9.59 Å². The van der Waals surface area contributed by atoms with Crippen LogP contribution in [0.4, 0.5) is 11.5 Å². The van der Waals surface area contributed by atoms with Crippen molar-refractivity contribution in [2.45, 2.75) is 13.3 Å². The average molecular weight is 221 g/mol. The lowest BCUT2D eigenvalue weighted by atomic mass is 10.3. The van der Waals surface area contributed by atoms with Crippen molar-refractivity contribution in [2.75, 3.05) is 24.3 Å². The Balaban J connectivity index is 2.62. The first-order chi connectivity index (χ1) is 7.49. The summed E-state index contributed by atoms with van der Waals surface area (Å²) in [5.74, 6) is 0.340. The van der Waals surface area contributed by atoms with E-state index < -0.39 is 0 Å². The van der Waals surface area contributed by atoms with Crippen molar-refractivity contribution in [3.05, 3.63) is 18.3 Å². The van der Waals surface area contributed by atoms with Gasteiger partial charge >= 0.3 is 0 Å². The van der Waals surface area contributed by atoms with Gasteiger partial charge in [0.15, 0.2) is 0 Å². The molecule has 0 aliphatic heterocycles. The summed E-state index contributed by atoms with van der Waals surface area (Å²) >= 11 is 0. The first-order valence-electron chi connectivity index (χ1n) is 4.91. The third-order valence-corrected chi connectivity index (χ3v) is 1.90. The van der Waals surface area contributed by atoms with Crippen LogP contribution in [0.1, 0.15) is 13.3 Å². The molecule has 0 aliphatic rings. The molecule has 1 amide bonds. The Bertz CT molecular complexity index is 385. The number of carbonyl (C=O) groups excluding carboxylic acids is 2. The molecule has 0 spiro atoms. The zero-order valence-electron chi connectivity index (χ0n) is 9.65. The highest BCUT2D eigenvalue weighted by atomic mass is 16.2. The van der Waals surface area contributed by atoms with Gasteiger partial charge in [-0.25, -0.2) is 4.98 Å². The molecule has 5 nitrogen and oxygen atoms in total. The minimum atomic E-state index is -0.313. The molecule has 1 heterocycles. The topological polar surface area (TPSA) is 62.3 Å². The van der Waals surface area contributed by atoms with Gasteiger partial charge < -0.3 is 10.2 Å². The maximum atomic E-state index is 11.3. The lowest BCUT2D eigenvalue weighted by Crippen LogP contribution is -2.15. The first-order valence-corrected chi connectivity index (χ1v) is 4.91. The molecule has 0 saturated heterocycles. The molecule has 1 aromatic heterocycles. The number of ketones is 1. The maximum absolute atomic E-state index is 11.3. The summed E-state index contributed by atoms with van der Waals surface area (Å²) in [6.45, 7) is 1.38. The molecular formula is C11H15N3O2. The van der Waals surface area contributed by atoms with Crippen LogP contribution in [-0.4, -0.2) is 30.8 Å². The quantitative estimate of drug-likeness (QED) is 0.772. The Morgan fingerprint density at radius 1 is 1.38 bits per heavy atom. The molecule has 0 saturated carbocycles. The lowest BCUT2D eigenvalue weighted by molar-refractivity contribution is -0.124. The van der Waals surface area contributed by atoms with Gasteiger partial charge in [-0.15, -0.1) is 0 Å². The van der Waals surface area contributed by atoms with Gasteiger partial charge in [0.2, 0.25) is 5.91 Å². The summed E-state index contributed by atoms with van der Waals surface area (Å²) in [7, 11) is 3.77. The van der Waals surface area contributed by atoms with E-state index in [1.165, 1.54) is 6.92 Å². The highest BCUT2D eigenvalue weighted by molar-refractivity contribution is 6.03. The zero-order chi connectivity index (χ0) is 12.1. The average Bonchev–Trinajstić information content (AvgIpc) is 2.16. The van der Waals surface area contributed by atoms with Crippen LogP contribution < -0.4 is 10.2 Å². The molecule has 0 atom stereocenters. The Morgan fingerprint density at radius 2 is 2.06 bits per heavy atom. The van der Waals surface area contributed by atoms with E-state index in [2.05, 4.69) is 10.3 Å². The summed E-state index contributed by atoms with van der Waals surface area (Å²) in [5.41, 5.74) is 0.594. The van der Waals surface area contributed by atoms with Gasteiger partial charge in [-0.3, -0.25) is 9.59 Å². The number of Topliss-reactive ketones (excluding diaryl/α,β-unsaturated/α-hetero) is 1. The number of hydrogen-bond acceptors (Lipinski definition) is 4. The number of anilines is 2. The van der Waals surface area contributed by atoms with Crippen LogP contribution in [0.15, 0.2) is 18.3 Å². The molecule has 16 heavy (non-hydrogen) atoms. The molecule has 0 radical (unpaired) electrons. The first kappa shape index (κ1) is 12.2. The van der Waals surface area contributed by atoms with E-state index >= 15 is 0 Å². The fourth-order valence-corrected chi connectivity index (χ4v) is 1.16. The molecule has 0 fully saturated rings. The molecule has 1 N–H and O–H groups in total. The second kappa shape index (κ2) is 5.25. The van der Waals surface area contributed by atoms with Crippen molar-refractivity contribution in [3.63, 3.8) is 0 Å². The third kappa shape index (κ3) is 3.68. The lowest BCUT2D eigenvalue weighted by Gasteiger charge is -2.11. The molecule has 0 bridgehead atoms. The standard InChI is InChI=1S/C11H15N3O2/c1-8(15)6-11(16)13-9-4-5-10(12-7-9)14(2)3/h4-5,7H,6H2,1-3H3,(H,13,16). The molecule has 0 unspecified atom stereocenters. The van der Waals surface area contributed by atoms with Crippen molar-refractivity contribution in [2.24, 2.45) is 0 Å². The molecule has 5 heteroatoms. The highest BCUT2D eigenvalue weighted by Gasteiger charge is 2.05. The van der Waals surface area contributed by atoms with Gasteiger partial charge in [0.1, 0.15) is 11.6 Å². The van der Waals surface area contributed by atoms with Gasteiger partial charge in [-0.2, -0.15) is 0 Å². The summed E-state index contributed by atoms with van der Waals surface area (Å²) < 4.78 is 0. The third-order valence-electron chi connectivity index (χ3n) is 1.90. The maximum Gasteiger partial charge on any atom is 0.231 e. The number of pyridine rings is 1. The van der Waals surface area contributed by atoms with E-state index in [4.69, 9.17) is 0 Å². The Hall–Kier alpha value is -1.91. The van der Waals surface area contributed by atoms with Crippen LogP contribution in [0.25, 0.3) is 0 Å². The van der Waals surface area contributed by atoms with Gasteiger partial charge in [-0.1, -0.05) is 0 Å². The molecule has 1 aromatic rings. The molecular weight excluding hydrogens is 206 g/mol. The largest absolute Gasteiger partial charge is 0.363 e. The van der Waals surface area contributed by atoms with Crippen molar-refractivity contribution in [1.82, 2.24) is 4.98 Å². The molecule has 0 aromatic carbocycles.